The van der Waals surface area contributed by atoms with Crippen LogP contribution >= 0.6 is 11.8 Å². The van der Waals surface area contributed by atoms with Gasteiger partial charge in [-0.25, -0.2) is 13.4 Å². The number of hydrogen-bond acceptors (Lipinski definition) is 5. The maximum absolute atomic E-state index is 12.6. The van der Waals surface area contributed by atoms with Gasteiger partial charge in [0.2, 0.25) is 15.9 Å². The van der Waals surface area contributed by atoms with E-state index in [0.717, 1.165) is 11.0 Å². The number of amides is 1. The van der Waals surface area contributed by atoms with Gasteiger partial charge in [-0.15, -0.1) is 0 Å². The van der Waals surface area contributed by atoms with E-state index >= 15 is 0 Å². The SMILES string of the molecule is O=C(CSc1nc2ccccc2[nH]1)N1CCN(S(=O)(=O)c2ccccc2)C1. The van der Waals surface area contributed by atoms with Crippen molar-refractivity contribution < 1.29 is 13.2 Å². The Balaban J connectivity index is 1.38. The molecule has 0 atom stereocenters. The highest BCUT2D eigenvalue weighted by Crippen LogP contribution is 2.22. The van der Waals surface area contributed by atoms with Crippen molar-refractivity contribution in [2.24, 2.45) is 0 Å². The molecular weight excluding hydrogens is 384 g/mol. The van der Waals surface area contributed by atoms with Crippen LogP contribution in [0.3, 0.4) is 0 Å². The normalized spacial score (nSPS) is 15.5. The number of fused-ring (bicyclic) bond motifs is 1. The van der Waals surface area contributed by atoms with Gasteiger partial charge >= 0.3 is 0 Å². The summed E-state index contributed by atoms with van der Waals surface area (Å²) in [5.41, 5.74) is 1.78. The standard InChI is InChI=1S/C18H18N4O3S2/c23-17(12-26-18-19-15-8-4-5-9-16(15)20-18)21-10-11-22(13-21)27(24,25)14-6-2-1-3-7-14/h1-9H,10-13H2,(H,19,20). The number of imidazole rings is 1. The average Bonchev–Trinajstić information content (AvgIpc) is 3.34. The van der Waals surface area contributed by atoms with Crippen molar-refractivity contribution in [1.82, 2.24) is 19.2 Å². The molecule has 7 nitrogen and oxygen atoms in total. The van der Waals surface area contributed by atoms with Gasteiger partial charge in [0.25, 0.3) is 0 Å². The molecule has 0 radical (unpaired) electrons. The van der Waals surface area contributed by atoms with E-state index in [1.165, 1.54) is 16.1 Å². The molecule has 1 aliphatic rings. The van der Waals surface area contributed by atoms with Crippen LogP contribution in [0, 0.1) is 0 Å². The van der Waals surface area contributed by atoms with Crippen molar-refractivity contribution >= 4 is 38.7 Å². The first kappa shape index (κ1) is 18.0. The molecule has 0 unspecified atom stereocenters. The summed E-state index contributed by atoms with van der Waals surface area (Å²) >= 11 is 1.32. The summed E-state index contributed by atoms with van der Waals surface area (Å²) in [6.07, 6.45) is 0. The summed E-state index contributed by atoms with van der Waals surface area (Å²) < 4.78 is 26.6. The molecule has 1 amide bonds. The van der Waals surface area contributed by atoms with Crippen LogP contribution in [0.4, 0.5) is 0 Å². The maximum atomic E-state index is 12.6. The number of para-hydroxylation sites is 2. The minimum Gasteiger partial charge on any atom is -0.333 e. The van der Waals surface area contributed by atoms with Crippen LogP contribution in [0.2, 0.25) is 0 Å². The third-order valence-corrected chi connectivity index (χ3v) is 7.09. The molecule has 0 aliphatic carbocycles. The van der Waals surface area contributed by atoms with E-state index in [0.29, 0.717) is 18.2 Å². The maximum Gasteiger partial charge on any atom is 0.244 e. The Labute approximate surface area is 161 Å². The Kier molecular flexibility index (Phi) is 4.90. The van der Waals surface area contributed by atoms with Gasteiger partial charge in [-0.1, -0.05) is 42.1 Å². The molecule has 140 valence electrons. The predicted octanol–water partition coefficient (Wildman–Crippen LogP) is 2.15. The average molecular weight is 403 g/mol. The highest BCUT2D eigenvalue weighted by Gasteiger charge is 2.33. The van der Waals surface area contributed by atoms with Gasteiger partial charge < -0.3 is 9.88 Å². The number of nitrogens with zero attached hydrogens (tertiary/aromatic N) is 3. The highest BCUT2D eigenvalue weighted by molar-refractivity contribution is 7.99. The van der Waals surface area contributed by atoms with Crippen molar-refractivity contribution in [2.75, 3.05) is 25.5 Å². The number of H-pyrrole nitrogens is 1. The van der Waals surface area contributed by atoms with E-state index in [4.69, 9.17) is 0 Å². The fourth-order valence-corrected chi connectivity index (χ4v) is 5.12. The van der Waals surface area contributed by atoms with Gasteiger partial charge in [-0.3, -0.25) is 4.79 Å². The van der Waals surface area contributed by atoms with Crippen molar-refractivity contribution in [1.29, 1.82) is 0 Å². The first-order chi connectivity index (χ1) is 13.0. The third-order valence-electron chi connectivity index (χ3n) is 4.38. The molecule has 0 bridgehead atoms. The fourth-order valence-electron chi connectivity index (χ4n) is 2.92. The minimum absolute atomic E-state index is 0.0801. The van der Waals surface area contributed by atoms with Crippen LogP contribution in [-0.4, -0.2) is 59.0 Å². The van der Waals surface area contributed by atoms with Crippen molar-refractivity contribution in [3.8, 4) is 0 Å². The Bertz CT molecular complexity index is 1030. The largest absolute Gasteiger partial charge is 0.333 e. The van der Waals surface area contributed by atoms with Crippen molar-refractivity contribution in [2.45, 2.75) is 10.1 Å². The van der Waals surface area contributed by atoms with Crippen molar-refractivity contribution in [3.63, 3.8) is 0 Å². The van der Waals surface area contributed by atoms with E-state index in [1.807, 2.05) is 24.3 Å². The zero-order valence-corrected chi connectivity index (χ0v) is 16.0. The van der Waals surface area contributed by atoms with Crippen molar-refractivity contribution in [3.05, 3.63) is 54.6 Å². The lowest BCUT2D eigenvalue weighted by Gasteiger charge is -2.18. The Morgan fingerprint density at radius 3 is 2.59 bits per heavy atom. The third kappa shape index (κ3) is 3.71. The molecule has 1 aromatic heterocycles. The first-order valence-corrected chi connectivity index (χ1v) is 10.9. The molecule has 2 aromatic carbocycles. The molecule has 1 aliphatic heterocycles. The van der Waals surface area contributed by atoms with E-state index in [2.05, 4.69) is 9.97 Å². The molecule has 9 heteroatoms. The lowest BCUT2D eigenvalue weighted by molar-refractivity contribution is -0.127. The van der Waals surface area contributed by atoms with E-state index in [9.17, 15) is 13.2 Å². The molecule has 1 fully saturated rings. The topological polar surface area (TPSA) is 86.4 Å². The Hall–Kier alpha value is -2.36. The summed E-state index contributed by atoms with van der Waals surface area (Å²) in [6, 6.07) is 16.0. The molecule has 2 heterocycles. The van der Waals surface area contributed by atoms with Gasteiger partial charge in [0.15, 0.2) is 5.16 Å². The Morgan fingerprint density at radius 1 is 1.07 bits per heavy atom. The monoisotopic (exact) mass is 402 g/mol. The van der Waals surface area contributed by atoms with Gasteiger partial charge in [-0.05, 0) is 24.3 Å². The zero-order valence-electron chi connectivity index (χ0n) is 14.4. The lowest BCUT2D eigenvalue weighted by Crippen LogP contribution is -2.34. The molecular formula is C18H18N4O3S2. The van der Waals surface area contributed by atoms with Crippen LogP contribution in [0.25, 0.3) is 11.0 Å². The molecule has 4 rings (SSSR count). The number of rotatable bonds is 5. The first-order valence-electron chi connectivity index (χ1n) is 8.44. The molecule has 0 saturated carbocycles. The quantitative estimate of drug-likeness (QED) is 0.661. The van der Waals surface area contributed by atoms with Crippen LogP contribution < -0.4 is 0 Å². The number of sulfonamides is 1. The van der Waals surface area contributed by atoms with Crippen LogP contribution in [-0.2, 0) is 14.8 Å². The van der Waals surface area contributed by atoms with E-state index in [-0.39, 0.29) is 23.2 Å². The Morgan fingerprint density at radius 2 is 1.81 bits per heavy atom. The number of hydrogen-bond donors (Lipinski definition) is 1. The van der Waals surface area contributed by atoms with Gasteiger partial charge in [0.1, 0.15) is 0 Å². The second kappa shape index (κ2) is 7.34. The summed E-state index contributed by atoms with van der Waals surface area (Å²) in [6.45, 7) is 0.778. The number of aromatic nitrogens is 2. The number of nitrogens with one attached hydrogen (secondary N) is 1. The number of aromatic amines is 1. The van der Waals surface area contributed by atoms with Crippen LogP contribution in [0.15, 0.2) is 64.6 Å². The number of thioether (sulfide) groups is 1. The van der Waals surface area contributed by atoms with Crippen LogP contribution in [0.1, 0.15) is 0 Å². The summed E-state index contributed by atoms with van der Waals surface area (Å²) in [4.78, 5) is 21.9. The second-order valence-electron chi connectivity index (χ2n) is 6.14. The van der Waals surface area contributed by atoms with E-state index < -0.39 is 10.0 Å². The predicted molar refractivity (Wildman–Crippen MR) is 104 cm³/mol. The zero-order chi connectivity index (χ0) is 18.9. The fraction of sp³-hybridized carbons (Fsp3) is 0.222. The van der Waals surface area contributed by atoms with E-state index in [1.54, 1.807) is 35.2 Å². The number of carbonyl (C=O) groups excluding carboxylic acids is 1. The molecule has 1 N–H and O–H groups in total. The second-order valence-corrected chi connectivity index (χ2v) is 9.04. The number of carbonyl (C=O) groups is 1. The molecule has 3 aromatic rings. The molecule has 0 spiro atoms. The summed E-state index contributed by atoms with van der Waals surface area (Å²) in [5, 5.41) is 0.678. The summed E-state index contributed by atoms with van der Waals surface area (Å²) in [7, 11) is -3.58. The lowest BCUT2D eigenvalue weighted by atomic mass is 10.3. The van der Waals surface area contributed by atoms with Gasteiger partial charge in [-0.2, -0.15) is 4.31 Å². The highest BCUT2D eigenvalue weighted by atomic mass is 32.2. The van der Waals surface area contributed by atoms with Gasteiger partial charge in [0, 0.05) is 13.1 Å². The summed E-state index contributed by atoms with van der Waals surface area (Å²) in [5.74, 6) is 0.102. The smallest absolute Gasteiger partial charge is 0.244 e. The minimum atomic E-state index is -3.58. The molecule has 1 saturated heterocycles. The van der Waals surface area contributed by atoms with Gasteiger partial charge in [0.05, 0.1) is 28.4 Å². The number of benzene rings is 2. The molecule has 27 heavy (non-hydrogen) atoms. The van der Waals surface area contributed by atoms with Crippen LogP contribution in [0.5, 0.6) is 0 Å².